The minimum absolute atomic E-state index is 0.168. The molecule has 0 unspecified atom stereocenters. The summed E-state index contributed by atoms with van der Waals surface area (Å²) in [6, 6.07) is 11.7. The van der Waals surface area contributed by atoms with Crippen LogP contribution < -0.4 is 10.1 Å². The number of para-hydroxylation sites is 2. The van der Waals surface area contributed by atoms with Crippen LogP contribution in [0.2, 0.25) is 0 Å². The normalized spacial score (nSPS) is 10.5. The molecule has 2 aromatic rings. The van der Waals surface area contributed by atoms with Crippen LogP contribution in [0.5, 0.6) is 5.75 Å². The second-order valence-electron chi connectivity index (χ2n) is 4.10. The van der Waals surface area contributed by atoms with E-state index in [1.54, 1.807) is 6.26 Å². The highest BCUT2D eigenvalue weighted by Crippen LogP contribution is 2.25. The first-order valence-corrected chi connectivity index (χ1v) is 5.77. The minimum atomic E-state index is 0.168. The molecule has 0 bridgehead atoms. The van der Waals surface area contributed by atoms with Gasteiger partial charge in [0, 0.05) is 0 Å². The van der Waals surface area contributed by atoms with Crippen molar-refractivity contribution in [3.05, 3.63) is 48.4 Å². The number of ether oxygens (including phenoxy) is 1. The fourth-order valence-electron chi connectivity index (χ4n) is 1.56. The second-order valence-corrected chi connectivity index (χ2v) is 4.10. The Bertz CT molecular complexity index is 449. The molecule has 0 amide bonds. The zero-order chi connectivity index (χ0) is 12.1. The molecule has 1 aromatic carbocycles. The largest absolute Gasteiger partial charge is 0.489 e. The Labute approximate surface area is 101 Å². The Balaban J connectivity index is 2.04. The average molecular weight is 231 g/mol. The molecule has 0 aliphatic rings. The third-order valence-electron chi connectivity index (χ3n) is 2.28. The van der Waals surface area contributed by atoms with Crippen LogP contribution in [0.25, 0.3) is 0 Å². The number of hydrogen-bond donors (Lipinski definition) is 1. The lowest BCUT2D eigenvalue weighted by Crippen LogP contribution is -2.08. The fraction of sp³-hybridized carbons (Fsp3) is 0.286. The van der Waals surface area contributed by atoms with Gasteiger partial charge in [-0.15, -0.1) is 0 Å². The molecule has 1 aromatic heterocycles. The van der Waals surface area contributed by atoms with Crippen molar-refractivity contribution in [1.82, 2.24) is 0 Å². The molecule has 17 heavy (non-hydrogen) atoms. The highest BCUT2D eigenvalue weighted by atomic mass is 16.5. The Morgan fingerprint density at radius 1 is 1.18 bits per heavy atom. The van der Waals surface area contributed by atoms with E-state index in [0.717, 1.165) is 17.2 Å². The molecule has 0 atom stereocenters. The summed E-state index contributed by atoms with van der Waals surface area (Å²) in [6.45, 7) is 4.69. The maximum absolute atomic E-state index is 5.72. The lowest BCUT2D eigenvalue weighted by molar-refractivity contribution is 0.243. The van der Waals surface area contributed by atoms with Gasteiger partial charge in [-0.25, -0.2) is 0 Å². The van der Waals surface area contributed by atoms with E-state index < -0.39 is 0 Å². The van der Waals surface area contributed by atoms with Gasteiger partial charge in [0.15, 0.2) is 0 Å². The van der Waals surface area contributed by atoms with Gasteiger partial charge in [-0.3, -0.25) is 0 Å². The van der Waals surface area contributed by atoms with Gasteiger partial charge >= 0.3 is 0 Å². The monoisotopic (exact) mass is 231 g/mol. The number of furan rings is 1. The fourth-order valence-corrected chi connectivity index (χ4v) is 1.56. The molecule has 0 saturated carbocycles. The predicted molar refractivity (Wildman–Crippen MR) is 68.2 cm³/mol. The van der Waals surface area contributed by atoms with Gasteiger partial charge < -0.3 is 14.5 Å². The van der Waals surface area contributed by atoms with Crippen molar-refractivity contribution in [3.63, 3.8) is 0 Å². The topological polar surface area (TPSA) is 34.4 Å². The molecule has 0 aliphatic carbocycles. The molecule has 0 fully saturated rings. The first kappa shape index (κ1) is 11.6. The van der Waals surface area contributed by atoms with Crippen LogP contribution in [0.15, 0.2) is 47.1 Å². The molecule has 0 radical (unpaired) electrons. The number of anilines is 1. The standard InChI is InChI=1S/C14H17NO2/c1-11(2)17-14-8-4-3-7-13(14)15-10-12-6-5-9-16-12/h3-9,11,15H,10H2,1-2H3. The minimum Gasteiger partial charge on any atom is -0.489 e. The smallest absolute Gasteiger partial charge is 0.142 e. The first-order chi connectivity index (χ1) is 8.25. The average Bonchev–Trinajstić information content (AvgIpc) is 2.80. The Hall–Kier alpha value is -1.90. The van der Waals surface area contributed by atoms with Crippen LogP contribution in [0, 0.1) is 0 Å². The zero-order valence-corrected chi connectivity index (χ0v) is 10.1. The van der Waals surface area contributed by atoms with Crippen LogP contribution in [-0.4, -0.2) is 6.10 Å². The Kier molecular flexibility index (Phi) is 3.70. The third kappa shape index (κ3) is 3.28. The molecular formula is C14H17NO2. The highest BCUT2D eigenvalue weighted by molar-refractivity contribution is 5.56. The Morgan fingerprint density at radius 2 is 2.00 bits per heavy atom. The maximum Gasteiger partial charge on any atom is 0.142 e. The maximum atomic E-state index is 5.72. The quantitative estimate of drug-likeness (QED) is 0.852. The van der Waals surface area contributed by atoms with Crippen molar-refractivity contribution >= 4 is 5.69 Å². The zero-order valence-electron chi connectivity index (χ0n) is 10.1. The molecule has 1 N–H and O–H groups in total. The van der Waals surface area contributed by atoms with Gasteiger partial charge in [-0.2, -0.15) is 0 Å². The molecule has 3 heteroatoms. The number of hydrogen-bond acceptors (Lipinski definition) is 3. The lowest BCUT2D eigenvalue weighted by atomic mass is 10.3. The van der Waals surface area contributed by atoms with E-state index in [1.165, 1.54) is 0 Å². The van der Waals surface area contributed by atoms with E-state index in [2.05, 4.69) is 5.32 Å². The van der Waals surface area contributed by atoms with Gasteiger partial charge in [-0.05, 0) is 38.1 Å². The highest BCUT2D eigenvalue weighted by Gasteiger charge is 2.04. The van der Waals surface area contributed by atoms with Gasteiger partial charge in [0.05, 0.1) is 24.6 Å². The molecular weight excluding hydrogens is 214 g/mol. The van der Waals surface area contributed by atoms with Crippen molar-refractivity contribution in [2.24, 2.45) is 0 Å². The molecule has 1 heterocycles. The second kappa shape index (κ2) is 5.43. The summed E-state index contributed by atoms with van der Waals surface area (Å²) in [5, 5.41) is 3.30. The summed E-state index contributed by atoms with van der Waals surface area (Å²) in [5.41, 5.74) is 0.984. The lowest BCUT2D eigenvalue weighted by Gasteiger charge is -2.14. The van der Waals surface area contributed by atoms with Crippen molar-refractivity contribution in [2.75, 3.05) is 5.32 Å². The van der Waals surface area contributed by atoms with Gasteiger partial charge in [-0.1, -0.05) is 12.1 Å². The van der Waals surface area contributed by atoms with E-state index in [4.69, 9.17) is 9.15 Å². The summed E-state index contributed by atoms with van der Waals surface area (Å²) in [5.74, 6) is 1.78. The molecule has 0 aliphatic heterocycles. The molecule has 0 saturated heterocycles. The summed E-state index contributed by atoms with van der Waals surface area (Å²) in [7, 11) is 0. The van der Waals surface area contributed by atoms with Crippen molar-refractivity contribution in [3.8, 4) is 5.75 Å². The Morgan fingerprint density at radius 3 is 2.71 bits per heavy atom. The summed E-state index contributed by atoms with van der Waals surface area (Å²) >= 11 is 0. The van der Waals surface area contributed by atoms with Crippen LogP contribution in [0.4, 0.5) is 5.69 Å². The van der Waals surface area contributed by atoms with Gasteiger partial charge in [0.25, 0.3) is 0 Å². The van der Waals surface area contributed by atoms with Crippen LogP contribution >= 0.6 is 0 Å². The SMILES string of the molecule is CC(C)Oc1ccccc1NCc1ccco1. The van der Waals surface area contributed by atoms with Gasteiger partial charge in [0.1, 0.15) is 11.5 Å². The summed E-state index contributed by atoms with van der Waals surface area (Å²) in [6.07, 6.45) is 1.84. The number of nitrogens with one attached hydrogen (secondary N) is 1. The first-order valence-electron chi connectivity index (χ1n) is 5.77. The van der Waals surface area contributed by atoms with Crippen molar-refractivity contribution < 1.29 is 9.15 Å². The van der Waals surface area contributed by atoms with E-state index in [-0.39, 0.29) is 6.10 Å². The summed E-state index contributed by atoms with van der Waals surface area (Å²) in [4.78, 5) is 0. The van der Waals surface area contributed by atoms with Gasteiger partial charge in [0.2, 0.25) is 0 Å². The summed E-state index contributed by atoms with van der Waals surface area (Å²) < 4.78 is 11.0. The van der Waals surface area contributed by atoms with Crippen LogP contribution in [0.1, 0.15) is 19.6 Å². The van der Waals surface area contributed by atoms with Crippen molar-refractivity contribution in [2.45, 2.75) is 26.5 Å². The van der Waals surface area contributed by atoms with E-state index >= 15 is 0 Å². The molecule has 3 nitrogen and oxygen atoms in total. The van der Waals surface area contributed by atoms with E-state index in [1.807, 2.05) is 50.2 Å². The number of rotatable bonds is 5. The van der Waals surface area contributed by atoms with E-state index in [0.29, 0.717) is 6.54 Å². The van der Waals surface area contributed by atoms with Crippen LogP contribution in [0.3, 0.4) is 0 Å². The molecule has 0 spiro atoms. The predicted octanol–water partition coefficient (Wildman–Crippen LogP) is 3.68. The molecule has 90 valence electrons. The van der Waals surface area contributed by atoms with E-state index in [9.17, 15) is 0 Å². The molecule has 2 rings (SSSR count). The number of benzene rings is 1. The third-order valence-corrected chi connectivity index (χ3v) is 2.28. The van der Waals surface area contributed by atoms with Crippen LogP contribution in [-0.2, 0) is 6.54 Å². The van der Waals surface area contributed by atoms with Crippen molar-refractivity contribution in [1.29, 1.82) is 0 Å².